The van der Waals surface area contributed by atoms with Crippen LogP contribution in [0.25, 0.3) is 0 Å². The predicted molar refractivity (Wildman–Crippen MR) is 62.2 cm³/mol. The minimum absolute atomic E-state index is 0.0682. The van der Waals surface area contributed by atoms with Gasteiger partial charge in [-0.05, 0) is 22.0 Å². The van der Waals surface area contributed by atoms with Crippen molar-refractivity contribution in [3.8, 4) is 0 Å². The van der Waals surface area contributed by atoms with Gasteiger partial charge in [0.05, 0.1) is 17.9 Å². The molecule has 0 spiro atoms. The van der Waals surface area contributed by atoms with Crippen molar-refractivity contribution < 1.29 is 0 Å². The van der Waals surface area contributed by atoms with E-state index in [1.165, 1.54) is 0 Å². The van der Waals surface area contributed by atoms with Crippen molar-refractivity contribution >= 4 is 27.3 Å². The summed E-state index contributed by atoms with van der Waals surface area (Å²) in [6.45, 7) is 0. The smallest absolute Gasteiger partial charge is 0.0986 e. The van der Waals surface area contributed by atoms with E-state index in [2.05, 4.69) is 31.7 Å². The largest absolute Gasteiger partial charge is 0.270 e. The molecule has 5 nitrogen and oxygen atoms in total. The maximum Gasteiger partial charge on any atom is 0.0986 e. The summed E-state index contributed by atoms with van der Waals surface area (Å²) in [4.78, 5) is 1.12. The van der Waals surface area contributed by atoms with Crippen molar-refractivity contribution in [3.05, 3.63) is 32.7 Å². The molecule has 0 bridgehead atoms. The van der Waals surface area contributed by atoms with Crippen LogP contribution in [0.1, 0.15) is 16.6 Å². The van der Waals surface area contributed by atoms with E-state index >= 15 is 0 Å². The van der Waals surface area contributed by atoms with Crippen LogP contribution >= 0.6 is 27.3 Å². The first kappa shape index (κ1) is 10.7. The zero-order valence-corrected chi connectivity index (χ0v) is 10.4. The van der Waals surface area contributed by atoms with Gasteiger partial charge in [0.1, 0.15) is 0 Å². The lowest BCUT2D eigenvalue weighted by Gasteiger charge is -2.13. The zero-order chi connectivity index (χ0) is 10.8. The molecule has 0 aliphatic heterocycles. The summed E-state index contributed by atoms with van der Waals surface area (Å²) in [6, 6.07) is 1.96. The van der Waals surface area contributed by atoms with Gasteiger partial charge in [0.15, 0.2) is 0 Å². The number of thiophene rings is 1. The number of rotatable bonds is 3. The lowest BCUT2D eigenvalue weighted by Crippen LogP contribution is -2.29. The van der Waals surface area contributed by atoms with Crippen LogP contribution in [0.15, 0.2) is 22.1 Å². The summed E-state index contributed by atoms with van der Waals surface area (Å²) in [5.74, 6) is 5.55. The van der Waals surface area contributed by atoms with Gasteiger partial charge in [0.25, 0.3) is 0 Å². The average molecular weight is 288 g/mol. The highest BCUT2D eigenvalue weighted by atomic mass is 79.9. The van der Waals surface area contributed by atoms with Gasteiger partial charge in [-0.15, -0.1) is 16.4 Å². The van der Waals surface area contributed by atoms with E-state index in [4.69, 9.17) is 5.84 Å². The van der Waals surface area contributed by atoms with Crippen molar-refractivity contribution in [2.45, 2.75) is 6.04 Å². The Morgan fingerprint density at radius 3 is 2.93 bits per heavy atom. The maximum atomic E-state index is 5.55. The van der Waals surface area contributed by atoms with Crippen molar-refractivity contribution in [1.82, 2.24) is 20.4 Å². The molecule has 3 N–H and O–H groups in total. The number of aryl methyl sites for hydroxylation is 1. The molecule has 1 atom stereocenters. The SMILES string of the molecule is Cn1nncc1C(NN)c1cc(Br)cs1. The van der Waals surface area contributed by atoms with Gasteiger partial charge in [-0.3, -0.25) is 10.5 Å². The third-order valence-electron chi connectivity index (χ3n) is 2.08. The highest BCUT2D eigenvalue weighted by Crippen LogP contribution is 2.28. The van der Waals surface area contributed by atoms with Gasteiger partial charge < -0.3 is 0 Å². The Morgan fingerprint density at radius 2 is 2.47 bits per heavy atom. The van der Waals surface area contributed by atoms with Gasteiger partial charge in [-0.1, -0.05) is 5.21 Å². The first-order chi connectivity index (χ1) is 7.22. The topological polar surface area (TPSA) is 68.8 Å². The number of halogens is 1. The van der Waals surface area contributed by atoms with Gasteiger partial charge in [0, 0.05) is 21.8 Å². The van der Waals surface area contributed by atoms with Crippen LogP contribution in [0, 0.1) is 0 Å². The maximum absolute atomic E-state index is 5.55. The lowest BCUT2D eigenvalue weighted by molar-refractivity contribution is 0.576. The van der Waals surface area contributed by atoms with Crippen molar-refractivity contribution in [1.29, 1.82) is 0 Å². The Hall–Kier alpha value is -0.760. The summed E-state index contributed by atoms with van der Waals surface area (Å²) < 4.78 is 2.76. The van der Waals surface area contributed by atoms with E-state index in [0.717, 1.165) is 15.0 Å². The second-order valence-electron chi connectivity index (χ2n) is 3.05. The Kier molecular flexibility index (Phi) is 3.15. The van der Waals surface area contributed by atoms with E-state index in [0.29, 0.717) is 0 Å². The van der Waals surface area contributed by atoms with Gasteiger partial charge in [-0.2, -0.15) is 0 Å². The molecule has 80 valence electrons. The molecule has 0 aliphatic rings. The number of nitrogens with zero attached hydrogens (tertiary/aromatic N) is 3. The quantitative estimate of drug-likeness (QED) is 0.657. The van der Waals surface area contributed by atoms with Crippen molar-refractivity contribution in [3.63, 3.8) is 0 Å². The number of hydrazine groups is 1. The number of nitrogens with two attached hydrogens (primary N) is 1. The van der Waals surface area contributed by atoms with Crippen LogP contribution in [-0.4, -0.2) is 15.0 Å². The molecule has 2 heterocycles. The lowest BCUT2D eigenvalue weighted by atomic mass is 10.2. The molecular weight excluding hydrogens is 278 g/mol. The standard InChI is InChI=1S/C8H10BrN5S/c1-14-6(3-11-13-14)8(12-10)7-2-5(9)4-15-7/h2-4,8,12H,10H2,1H3. The average Bonchev–Trinajstić information content (AvgIpc) is 2.79. The zero-order valence-electron chi connectivity index (χ0n) is 8.01. The fourth-order valence-corrected chi connectivity index (χ4v) is 2.87. The van der Waals surface area contributed by atoms with Gasteiger partial charge >= 0.3 is 0 Å². The van der Waals surface area contributed by atoms with Gasteiger partial charge in [0.2, 0.25) is 0 Å². The molecule has 0 fully saturated rings. The molecule has 0 aromatic carbocycles. The van der Waals surface area contributed by atoms with E-state index in [1.807, 2.05) is 18.5 Å². The molecule has 0 amide bonds. The summed E-state index contributed by atoms with van der Waals surface area (Å²) in [5, 5.41) is 9.73. The third-order valence-corrected chi connectivity index (χ3v) is 3.84. The first-order valence-electron chi connectivity index (χ1n) is 4.27. The van der Waals surface area contributed by atoms with Crippen LogP contribution in [-0.2, 0) is 7.05 Å². The molecule has 0 saturated heterocycles. The Morgan fingerprint density at radius 1 is 1.67 bits per heavy atom. The van der Waals surface area contributed by atoms with Crippen LogP contribution in [0.2, 0.25) is 0 Å². The summed E-state index contributed by atoms with van der Waals surface area (Å²) >= 11 is 5.05. The fourth-order valence-electron chi connectivity index (χ4n) is 1.35. The van der Waals surface area contributed by atoms with Crippen LogP contribution in [0.4, 0.5) is 0 Å². The summed E-state index contributed by atoms with van der Waals surface area (Å²) in [6.07, 6.45) is 1.71. The second kappa shape index (κ2) is 4.40. The molecule has 0 radical (unpaired) electrons. The van der Waals surface area contributed by atoms with Crippen molar-refractivity contribution in [2.24, 2.45) is 12.9 Å². The fraction of sp³-hybridized carbons (Fsp3) is 0.250. The Labute approximate surface area is 99.4 Å². The summed E-state index contributed by atoms with van der Waals surface area (Å²) in [5.41, 5.74) is 3.70. The molecule has 15 heavy (non-hydrogen) atoms. The normalized spacial score (nSPS) is 13.0. The molecule has 0 saturated carbocycles. The Balaban J connectivity index is 2.36. The van der Waals surface area contributed by atoms with E-state index in [-0.39, 0.29) is 6.04 Å². The summed E-state index contributed by atoms with van der Waals surface area (Å²) in [7, 11) is 1.84. The van der Waals surface area contributed by atoms with E-state index in [9.17, 15) is 0 Å². The molecular formula is C8H10BrN5S. The number of aromatic nitrogens is 3. The minimum atomic E-state index is -0.0682. The predicted octanol–water partition coefficient (Wildman–Crippen LogP) is 1.19. The monoisotopic (exact) mass is 287 g/mol. The molecule has 0 aliphatic carbocycles. The first-order valence-corrected chi connectivity index (χ1v) is 5.94. The number of nitrogens with one attached hydrogen (secondary N) is 1. The highest BCUT2D eigenvalue weighted by molar-refractivity contribution is 9.10. The Bertz CT molecular complexity index is 451. The van der Waals surface area contributed by atoms with Gasteiger partial charge in [-0.25, -0.2) is 5.43 Å². The molecule has 7 heteroatoms. The van der Waals surface area contributed by atoms with Crippen LogP contribution in [0.3, 0.4) is 0 Å². The highest BCUT2D eigenvalue weighted by Gasteiger charge is 2.18. The van der Waals surface area contributed by atoms with Crippen LogP contribution < -0.4 is 11.3 Å². The van der Waals surface area contributed by atoms with E-state index in [1.54, 1.807) is 22.2 Å². The molecule has 2 rings (SSSR count). The third kappa shape index (κ3) is 2.10. The van der Waals surface area contributed by atoms with E-state index < -0.39 is 0 Å². The molecule has 2 aromatic rings. The number of hydrogen-bond donors (Lipinski definition) is 2. The van der Waals surface area contributed by atoms with Crippen molar-refractivity contribution in [2.75, 3.05) is 0 Å². The minimum Gasteiger partial charge on any atom is -0.270 e. The second-order valence-corrected chi connectivity index (χ2v) is 4.91. The number of hydrogen-bond acceptors (Lipinski definition) is 5. The molecule has 2 aromatic heterocycles. The van der Waals surface area contributed by atoms with Crippen LogP contribution in [0.5, 0.6) is 0 Å². The molecule has 1 unspecified atom stereocenters.